The van der Waals surface area contributed by atoms with Crippen molar-refractivity contribution >= 4 is 0 Å². The summed E-state index contributed by atoms with van der Waals surface area (Å²) in [4.78, 5) is 2.37. The van der Waals surface area contributed by atoms with Crippen molar-refractivity contribution in [2.24, 2.45) is 0 Å². The molecule has 1 aromatic carbocycles. The van der Waals surface area contributed by atoms with Gasteiger partial charge in [0.15, 0.2) is 0 Å². The number of hydrogen-bond acceptors (Lipinski definition) is 2. The van der Waals surface area contributed by atoms with Crippen LogP contribution in [0.25, 0.3) is 0 Å². The fourth-order valence-corrected chi connectivity index (χ4v) is 3.80. The standard InChI is InChI=1S/C23H38F2N2/c1-6-15-27(5)16-11-10-14-23(20(4)19(2)3,18-26-17-22(24)25)21-12-8-7-9-13-21/h7-9,12-13,22,26H,6,10-11,14-18H2,1-5H3. The predicted octanol–water partition coefficient (Wildman–Crippen LogP) is 5.65. The Morgan fingerprint density at radius 2 is 1.74 bits per heavy atom. The molecule has 0 bridgehead atoms. The largest absolute Gasteiger partial charge is 0.310 e. The Kier molecular flexibility index (Phi) is 10.8. The number of halogens is 2. The van der Waals surface area contributed by atoms with Crippen molar-refractivity contribution in [2.45, 2.75) is 65.2 Å². The minimum Gasteiger partial charge on any atom is -0.310 e. The van der Waals surface area contributed by atoms with Crippen LogP contribution >= 0.6 is 0 Å². The minimum absolute atomic E-state index is 0.238. The summed E-state index contributed by atoms with van der Waals surface area (Å²) in [7, 11) is 2.17. The van der Waals surface area contributed by atoms with Crippen molar-refractivity contribution in [3.8, 4) is 0 Å². The molecule has 0 aliphatic rings. The second-order valence-electron chi connectivity index (χ2n) is 7.86. The lowest BCUT2D eigenvalue weighted by Crippen LogP contribution is -2.41. The molecule has 1 aromatic rings. The van der Waals surface area contributed by atoms with Crippen molar-refractivity contribution in [2.75, 3.05) is 33.2 Å². The molecule has 2 nitrogen and oxygen atoms in total. The Bertz CT molecular complexity index is 553. The number of benzene rings is 1. The van der Waals surface area contributed by atoms with Crippen molar-refractivity contribution < 1.29 is 8.78 Å². The fourth-order valence-electron chi connectivity index (χ4n) is 3.80. The van der Waals surface area contributed by atoms with Crippen molar-refractivity contribution in [3.05, 3.63) is 47.0 Å². The molecular formula is C23H38F2N2. The Labute approximate surface area is 165 Å². The first-order valence-corrected chi connectivity index (χ1v) is 10.2. The van der Waals surface area contributed by atoms with Crippen molar-refractivity contribution in [1.29, 1.82) is 0 Å². The number of allylic oxidation sites excluding steroid dienone is 1. The van der Waals surface area contributed by atoms with Gasteiger partial charge in [0.1, 0.15) is 0 Å². The summed E-state index contributed by atoms with van der Waals surface area (Å²) in [5, 5.41) is 3.04. The van der Waals surface area contributed by atoms with Crippen LogP contribution in [-0.2, 0) is 5.41 Å². The second kappa shape index (κ2) is 12.2. The molecule has 4 heteroatoms. The number of alkyl halides is 2. The van der Waals surface area contributed by atoms with Gasteiger partial charge in [-0.05, 0) is 65.7 Å². The van der Waals surface area contributed by atoms with E-state index in [4.69, 9.17) is 0 Å². The van der Waals surface area contributed by atoms with Crippen LogP contribution in [0.4, 0.5) is 8.78 Å². The van der Waals surface area contributed by atoms with Gasteiger partial charge in [-0.1, -0.05) is 54.8 Å². The first kappa shape index (κ1) is 23.8. The summed E-state index contributed by atoms with van der Waals surface area (Å²) in [6.45, 7) is 11.1. The average Bonchev–Trinajstić information content (AvgIpc) is 2.63. The van der Waals surface area contributed by atoms with Gasteiger partial charge in [0.05, 0.1) is 6.54 Å². The Hall–Kier alpha value is -1.26. The summed E-state index contributed by atoms with van der Waals surface area (Å²) in [6.07, 6.45) is 2.00. The van der Waals surface area contributed by atoms with Crippen LogP contribution in [0.1, 0.15) is 58.9 Å². The first-order valence-electron chi connectivity index (χ1n) is 10.2. The molecule has 0 aliphatic heterocycles. The molecule has 1 rings (SSSR count). The number of unbranched alkanes of at least 4 members (excludes halogenated alkanes) is 1. The van der Waals surface area contributed by atoms with Gasteiger partial charge < -0.3 is 10.2 Å². The van der Waals surface area contributed by atoms with Gasteiger partial charge in [0.2, 0.25) is 0 Å². The highest BCUT2D eigenvalue weighted by molar-refractivity contribution is 5.38. The molecule has 1 N–H and O–H groups in total. The van der Waals surface area contributed by atoms with E-state index < -0.39 is 6.43 Å². The molecule has 0 heterocycles. The van der Waals surface area contributed by atoms with E-state index in [9.17, 15) is 8.78 Å². The third kappa shape index (κ3) is 7.71. The maximum absolute atomic E-state index is 12.8. The quantitative estimate of drug-likeness (QED) is 0.351. The lowest BCUT2D eigenvalue weighted by Gasteiger charge is -2.37. The number of nitrogens with zero attached hydrogens (tertiary/aromatic N) is 1. The monoisotopic (exact) mass is 380 g/mol. The molecule has 1 atom stereocenters. The zero-order valence-electron chi connectivity index (χ0n) is 17.8. The molecule has 0 fully saturated rings. The van der Waals surface area contributed by atoms with Crippen LogP contribution in [0.2, 0.25) is 0 Å². The Morgan fingerprint density at radius 1 is 1.07 bits per heavy atom. The number of hydrogen-bond donors (Lipinski definition) is 1. The fraction of sp³-hybridized carbons (Fsp3) is 0.652. The molecule has 27 heavy (non-hydrogen) atoms. The minimum atomic E-state index is -2.33. The third-order valence-corrected chi connectivity index (χ3v) is 5.52. The van der Waals surface area contributed by atoms with Gasteiger partial charge in [0.25, 0.3) is 6.43 Å². The molecular weight excluding hydrogens is 342 g/mol. The van der Waals surface area contributed by atoms with Gasteiger partial charge in [-0.2, -0.15) is 0 Å². The van der Waals surface area contributed by atoms with Crippen LogP contribution in [0, 0.1) is 0 Å². The molecule has 0 radical (unpaired) electrons. The molecule has 0 spiro atoms. The lowest BCUT2D eigenvalue weighted by molar-refractivity contribution is 0.143. The molecule has 0 aliphatic carbocycles. The number of nitrogens with one attached hydrogen (secondary N) is 1. The highest BCUT2D eigenvalue weighted by atomic mass is 19.3. The van der Waals surface area contributed by atoms with Crippen LogP contribution < -0.4 is 5.32 Å². The molecule has 154 valence electrons. The first-order chi connectivity index (χ1) is 12.8. The Balaban J connectivity index is 3.02. The maximum atomic E-state index is 12.8. The normalized spacial score (nSPS) is 13.8. The maximum Gasteiger partial charge on any atom is 0.250 e. The summed E-state index contributed by atoms with van der Waals surface area (Å²) in [6, 6.07) is 10.4. The van der Waals surface area contributed by atoms with Crippen LogP contribution in [-0.4, -0.2) is 44.6 Å². The zero-order valence-corrected chi connectivity index (χ0v) is 17.8. The van der Waals surface area contributed by atoms with Gasteiger partial charge in [-0.3, -0.25) is 0 Å². The van der Waals surface area contributed by atoms with E-state index in [2.05, 4.69) is 57.1 Å². The molecule has 0 saturated heterocycles. The van der Waals surface area contributed by atoms with Crippen molar-refractivity contribution in [3.63, 3.8) is 0 Å². The molecule has 0 amide bonds. The number of rotatable bonds is 13. The van der Waals surface area contributed by atoms with E-state index in [0.717, 1.165) is 32.4 Å². The van der Waals surface area contributed by atoms with Gasteiger partial charge in [0, 0.05) is 12.0 Å². The smallest absolute Gasteiger partial charge is 0.250 e. The highest BCUT2D eigenvalue weighted by Gasteiger charge is 2.34. The van der Waals surface area contributed by atoms with Crippen LogP contribution in [0.3, 0.4) is 0 Å². The van der Waals surface area contributed by atoms with Gasteiger partial charge in [-0.25, -0.2) is 8.78 Å². The van der Waals surface area contributed by atoms with E-state index in [1.165, 1.54) is 23.1 Å². The van der Waals surface area contributed by atoms with E-state index in [1.54, 1.807) is 0 Å². The van der Waals surface area contributed by atoms with Crippen LogP contribution in [0.5, 0.6) is 0 Å². The molecule has 1 unspecified atom stereocenters. The van der Waals surface area contributed by atoms with Gasteiger partial charge >= 0.3 is 0 Å². The topological polar surface area (TPSA) is 15.3 Å². The Morgan fingerprint density at radius 3 is 2.30 bits per heavy atom. The summed E-state index contributed by atoms with van der Waals surface area (Å²) in [5.74, 6) is 0. The molecule has 0 saturated carbocycles. The third-order valence-electron chi connectivity index (χ3n) is 5.52. The van der Waals surface area contributed by atoms with Crippen molar-refractivity contribution in [1.82, 2.24) is 10.2 Å². The average molecular weight is 381 g/mol. The zero-order chi connectivity index (χ0) is 20.3. The molecule has 0 aromatic heterocycles. The highest BCUT2D eigenvalue weighted by Crippen LogP contribution is 2.38. The van der Waals surface area contributed by atoms with Crippen LogP contribution in [0.15, 0.2) is 41.5 Å². The van der Waals surface area contributed by atoms with E-state index in [-0.39, 0.29) is 12.0 Å². The van der Waals surface area contributed by atoms with E-state index in [1.807, 2.05) is 18.2 Å². The van der Waals surface area contributed by atoms with E-state index in [0.29, 0.717) is 6.54 Å². The summed E-state index contributed by atoms with van der Waals surface area (Å²) in [5.41, 5.74) is 3.53. The SMILES string of the molecule is CCCN(C)CCCCC(CNCC(F)F)(C(C)=C(C)C)c1ccccc1. The summed E-state index contributed by atoms with van der Waals surface area (Å²) < 4.78 is 25.5. The van der Waals surface area contributed by atoms with E-state index >= 15 is 0 Å². The van der Waals surface area contributed by atoms with Gasteiger partial charge in [-0.15, -0.1) is 0 Å². The second-order valence-corrected chi connectivity index (χ2v) is 7.86. The lowest BCUT2D eigenvalue weighted by atomic mass is 9.69. The summed E-state index contributed by atoms with van der Waals surface area (Å²) >= 11 is 0. The predicted molar refractivity (Wildman–Crippen MR) is 113 cm³/mol.